The summed E-state index contributed by atoms with van der Waals surface area (Å²) in [7, 11) is 0. The highest BCUT2D eigenvalue weighted by molar-refractivity contribution is 5.91. The molecule has 1 aliphatic carbocycles. The molecule has 1 saturated carbocycles. The van der Waals surface area contributed by atoms with Gasteiger partial charge in [-0.1, -0.05) is 12.1 Å². The molecule has 0 unspecified atom stereocenters. The Hall–Kier alpha value is -4.42. The summed E-state index contributed by atoms with van der Waals surface area (Å²) in [5.74, 6) is 1.10. The molecule has 4 aromatic heterocycles. The van der Waals surface area contributed by atoms with Crippen LogP contribution in [0.2, 0.25) is 0 Å². The van der Waals surface area contributed by atoms with Gasteiger partial charge < -0.3 is 25.0 Å². The number of hydrogen-bond acceptors (Lipinski definition) is 9. The summed E-state index contributed by atoms with van der Waals surface area (Å²) in [6.07, 6.45) is 10.5. The molecule has 0 amide bonds. The van der Waals surface area contributed by atoms with Crippen LogP contribution >= 0.6 is 0 Å². The van der Waals surface area contributed by atoms with Gasteiger partial charge >= 0.3 is 0 Å². The van der Waals surface area contributed by atoms with Gasteiger partial charge in [0.05, 0.1) is 29.4 Å². The van der Waals surface area contributed by atoms with Crippen molar-refractivity contribution in [2.75, 3.05) is 42.6 Å². The van der Waals surface area contributed by atoms with E-state index in [0.717, 1.165) is 54.0 Å². The Morgan fingerprint density at radius 2 is 1.66 bits per heavy atom. The minimum absolute atomic E-state index is 0.0917. The number of aromatic amines is 1. The lowest BCUT2D eigenvalue weighted by Gasteiger charge is -2.35. The van der Waals surface area contributed by atoms with Crippen molar-refractivity contribution in [1.29, 1.82) is 0 Å². The number of aliphatic hydroxyl groups is 2. The van der Waals surface area contributed by atoms with Crippen molar-refractivity contribution in [3.8, 4) is 11.3 Å². The first-order valence-corrected chi connectivity index (χ1v) is 13.7. The van der Waals surface area contributed by atoms with Gasteiger partial charge in [0.2, 0.25) is 5.95 Å². The van der Waals surface area contributed by atoms with Crippen LogP contribution in [0.1, 0.15) is 30.9 Å². The van der Waals surface area contributed by atoms with Crippen molar-refractivity contribution in [2.24, 2.45) is 0 Å². The van der Waals surface area contributed by atoms with Crippen LogP contribution in [0.3, 0.4) is 0 Å². The number of nitrogens with one attached hydrogen (secondary N) is 1. The second kappa shape index (κ2) is 9.60. The molecule has 1 saturated heterocycles. The molecule has 210 valence electrons. The number of anilines is 2. The van der Waals surface area contributed by atoms with Gasteiger partial charge in [-0.3, -0.25) is 4.68 Å². The average Bonchev–Trinajstić information content (AvgIpc) is 3.42. The number of aromatic nitrogens is 7. The van der Waals surface area contributed by atoms with Crippen molar-refractivity contribution in [1.82, 2.24) is 34.7 Å². The molecule has 1 aliphatic heterocycles. The van der Waals surface area contributed by atoms with E-state index >= 15 is 0 Å². The molecular weight excluding hydrogens is 525 g/mol. The van der Waals surface area contributed by atoms with E-state index < -0.39 is 5.60 Å². The molecule has 2 aliphatic rings. The molecule has 0 bridgehead atoms. The summed E-state index contributed by atoms with van der Waals surface area (Å²) in [6, 6.07) is 7.84. The monoisotopic (exact) mass is 555 g/mol. The average molecular weight is 556 g/mol. The summed E-state index contributed by atoms with van der Waals surface area (Å²) in [5, 5.41) is 26.3. The van der Waals surface area contributed by atoms with Crippen LogP contribution in [-0.2, 0) is 11.1 Å². The van der Waals surface area contributed by atoms with Gasteiger partial charge in [-0.25, -0.2) is 24.3 Å². The first kappa shape index (κ1) is 25.5. The maximum absolute atomic E-state index is 13.3. The first-order chi connectivity index (χ1) is 19.9. The van der Waals surface area contributed by atoms with Gasteiger partial charge in [0.25, 0.3) is 0 Å². The Kier molecular flexibility index (Phi) is 5.98. The first-order valence-electron chi connectivity index (χ1n) is 13.7. The SMILES string of the molecule is C[C@](O)(c1ccc(F)cc1)c1cnc(N2CCN(c3ncnc4[nH]c(-c5cnn(C6(CO)CC6)c5)cc34)CC2)nc1. The second-order valence-electron chi connectivity index (χ2n) is 11.0. The summed E-state index contributed by atoms with van der Waals surface area (Å²) < 4.78 is 15.2. The normalized spacial score (nSPS) is 18.0. The van der Waals surface area contributed by atoms with E-state index in [4.69, 9.17) is 0 Å². The molecule has 1 atom stereocenters. The third-order valence-electron chi connectivity index (χ3n) is 8.37. The molecule has 41 heavy (non-hydrogen) atoms. The molecule has 3 N–H and O–H groups in total. The van der Waals surface area contributed by atoms with E-state index in [1.54, 1.807) is 37.8 Å². The largest absolute Gasteiger partial charge is 0.394 e. The van der Waals surface area contributed by atoms with Crippen LogP contribution in [0, 0.1) is 5.82 Å². The Balaban J connectivity index is 1.05. The lowest BCUT2D eigenvalue weighted by Crippen LogP contribution is -2.47. The molecule has 0 radical (unpaired) electrons. The van der Waals surface area contributed by atoms with Gasteiger partial charge in [0.1, 0.15) is 29.2 Å². The molecule has 2 fully saturated rings. The summed E-state index contributed by atoms with van der Waals surface area (Å²) in [6.45, 7) is 4.59. The van der Waals surface area contributed by atoms with E-state index in [-0.39, 0.29) is 18.0 Å². The predicted molar refractivity (Wildman–Crippen MR) is 151 cm³/mol. The van der Waals surface area contributed by atoms with E-state index in [1.165, 1.54) is 12.1 Å². The predicted octanol–water partition coefficient (Wildman–Crippen LogP) is 2.81. The van der Waals surface area contributed by atoms with Crippen molar-refractivity contribution >= 4 is 22.8 Å². The standard InChI is InChI=1S/C29H30FN9O2/c1-28(41,20-2-4-22(30)5-3-20)21-14-31-27(32-15-21)38-10-8-37(9-11-38)26-23-12-24(36-25(23)33-18-34-26)19-13-35-39(16-19)29(17-40)6-7-29/h2-5,12-16,18,40-41H,6-11,17H2,1H3,(H,33,34,36)/t28-/m0/s1. The fraction of sp³-hybridized carbons (Fsp3) is 0.345. The fourth-order valence-corrected chi connectivity index (χ4v) is 5.45. The molecular formula is C29H30FN9O2. The molecule has 5 aromatic rings. The molecule has 1 aromatic carbocycles. The number of piperazine rings is 1. The van der Waals surface area contributed by atoms with Crippen molar-refractivity contribution in [3.05, 3.63) is 78.4 Å². The number of benzene rings is 1. The number of hydrogen-bond donors (Lipinski definition) is 3. The number of fused-ring (bicyclic) bond motifs is 1. The fourth-order valence-electron chi connectivity index (χ4n) is 5.45. The van der Waals surface area contributed by atoms with Crippen molar-refractivity contribution in [3.63, 3.8) is 0 Å². The molecule has 12 heteroatoms. The lowest BCUT2D eigenvalue weighted by molar-refractivity contribution is 0.101. The van der Waals surface area contributed by atoms with Gasteiger partial charge in [-0.15, -0.1) is 0 Å². The van der Waals surface area contributed by atoms with Crippen molar-refractivity contribution < 1.29 is 14.6 Å². The second-order valence-corrected chi connectivity index (χ2v) is 11.0. The highest BCUT2D eigenvalue weighted by Gasteiger charge is 2.45. The van der Waals surface area contributed by atoms with Crippen LogP contribution in [0.15, 0.2) is 61.4 Å². The van der Waals surface area contributed by atoms with Gasteiger partial charge in [-0.05, 0) is 43.5 Å². The Bertz CT molecular complexity index is 1690. The highest BCUT2D eigenvalue weighted by Crippen LogP contribution is 2.43. The van der Waals surface area contributed by atoms with Crippen LogP contribution in [0.4, 0.5) is 16.2 Å². The summed E-state index contributed by atoms with van der Waals surface area (Å²) >= 11 is 0. The highest BCUT2D eigenvalue weighted by atomic mass is 19.1. The molecule has 7 rings (SSSR count). The minimum Gasteiger partial charge on any atom is -0.394 e. The van der Waals surface area contributed by atoms with Gasteiger partial charge in [0, 0.05) is 55.9 Å². The third kappa shape index (κ3) is 4.49. The smallest absolute Gasteiger partial charge is 0.225 e. The van der Waals surface area contributed by atoms with E-state index in [1.807, 2.05) is 17.1 Å². The number of rotatable bonds is 7. The summed E-state index contributed by atoms with van der Waals surface area (Å²) in [4.78, 5) is 25.9. The quantitative estimate of drug-likeness (QED) is 0.277. The summed E-state index contributed by atoms with van der Waals surface area (Å²) in [5.41, 5.74) is 2.12. The minimum atomic E-state index is -1.34. The maximum Gasteiger partial charge on any atom is 0.225 e. The van der Waals surface area contributed by atoms with Crippen molar-refractivity contribution in [2.45, 2.75) is 30.9 Å². The Labute approximate surface area is 235 Å². The van der Waals surface area contributed by atoms with Gasteiger partial charge in [-0.2, -0.15) is 5.10 Å². The zero-order chi connectivity index (χ0) is 28.2. The number of halogens is 1. The topological polar surface area (TPSA) is 132 Å². The van der Waals surface area contributed by atoms with E-state index in [9.17, 15) is 14.6 Å². The number of nitrogens with zero attached hydrogens (tertiary/aromatic N) is 8. The molecule has 0 spiro atoms. The Morgan fingerprint density at radius 3 is 2.34 bits per heavy atom. The zero-order valence-corrected chi connectivity index (χ0v) is 22.6. The number of H-pyrrole nitrogens is 1. The van der Waals surface area contributed by atoms with E-state index in [2.05, 4.69) is 45.9 Å². The molecule has 11 nitrogen and oxygen atoms in total. The van der Waals surface area contributed by atoms with Gasteiger partial charge in [0.15, 0.2) is 0 Å². The zero-order valence-electron chi connectivity index (χ0n) is 22.6. The third-order valence-corrected chi connectivity index (χ3v) is 8.37. The maximum atomic E-state index is 13.3. The number of aliphatic hydroxyl groups excluding tert-OH is 1. The van der Waals surface area contributed by atoms with Crippen LogP contribution in [-0.4, -0.2) is 77.7 Å². The Morgan fingerprint density at radius 1 is 0.951 bits per heavy atom. The molecule has 5 heterocycles. The van der Waals surface area contributed by atoms with Crippen LogP contribution in [0.25, 0.3) is 22.3 Å². The van der Waals surface area contributed by atoms with E-state index in [0.29, 0.717) is 30.2 Å². The lowest BCUT2D eigenvalue weighted by atomic mass is 9.90. The van der Waals surface area contributed by atoms with Crippen LogP contribution in [0.5, 0.6) is 0 Å². The van der Waals surface area contributed by atoms with Crippen LogP contribution < -0.4 is 9.80 Å².